The van der Waals surface area contributed by atoms with Gasteiger partial charge in [-0.25, -0.2) is 4.98 Å². The Hall–Kier alpha value is -2.43. The number of carbonyl (C=O) groups is 1. The van der Waals surface area contributed by atoms with E-state index in [4.69, 9.17) is 10.00 Å². The first kappa shape index (κ1) is 20.5. The molecule has 1 aromatic heterocycles. The van der Waals surface area contributed by atoms with Gasteiger partial charge in [0.15, 0.2) is 0 Å². The van der Waals surface area contributed by atoms with Crippen molar-refractivity contribution in [3.63, 3.8) is 0 Å². The molecule has 1 aliphatic carbocycles. The fourth-order valence-corrected chi connectivity index (χ4v) is 5.77. The first-order chi connectivity index (χ1) is 15.0. The Morgan fingerprint density at radius 1 is 1.29 bits per heavy atom. The lowest BCUT2D eigenvalue weighted by molar-refractivity contribution is -0.140. The molecule has 3 fully saturated rings. The zero-order chi connectivity index (χ0) is 21.6. The van der Waals surface area contributed by atoms with Crippen molar-refractivity contribution in [2.24, 2.45) is 5.92 Å². The number of halogens is 1. The number of piperazine rings is 1. The van der Waals surface area contributed by atoms with Crippen molar-refractivity contribution in [2.75, 3.05) is 24.6 Å². The summed E-state index contributed by atoms with van der Waals surface area (Å²) in [5.74, 6) is 1.44. The molecule has 3 aliphatic rings. The largest absolute Gasteiger partial charge is 0.360 e. The van der Waals surface area contributed by atoms with Gasteiger partial charge in [0.2, 0.25) is 5.91 Å². The number of aromatic nitrogens is 1. The van der Waals surface area contributed by atoms with Crippen LogP contribution in [0.1, 0.15) is 37.3 Å². The number of pyridine rings is 1. The number of nitrogens with zero attached hydrogens (tertiary/aromatic N) is 4. The number of rotatable bonds is 5. The van der Waals surface area contributed by atoms with Gasteiger partial charge in [0.1, 0.15) is 18.5 Å². The number of carbonyl (C=O) groups excluding carboxylic acids is 1. The van der Waals surface area contributed by atoms with Gasteiger partial charge in [-0.15, -0.1) is 0 Å². The van der Waals surface area contributed by atoms with Crippen LogP contribution in [0.15, 0.2) is 47.1 Å². The van der Waals surface area contributed by atoms with Crippen molar-refractivity contribution in [3.8, 4) is 6.07 Å². The van der Waals surface area contributed by atoms with Gasteiger partial charge in [-0.1, -0.05) is 41.1 Å². The molecule has 3 atom stereocenters. The average Bonchev–Trinajstić information content (AvgIpc) is 3.54. The minimum atomic E-state index is -0.323. The van der Waals surface area contributed by atoms with E-state index in [0.717, 1.165) is 35.1 Å². The zero-order valence-electron chi connectivity index (χ0n) is 17.5. The number of anilines is 1. The number of fused-ring (bicyclic) bond motifs is 2. The molecule has 31 heavy (non-hydrogen) atoms. The number of amides is 1. The molecule has 2 bridgehead atoms. The van der Waals surface area contributed by atoms with Gasteiger partial charge in [-0.05, 0) is 48.9 Å². The number of hydrogen-bond acceptors (Lipinski definition) is 5. The lowest BCUT2D eigenvalue weighted by atomic mass is 10.0. The topological polar surface area (TPSA) is 69.5 Å². The Morgan fingerprint density at radius 2 is 2.10 bits per heavy atom. The molecule has 2 aliphatic heterocycles. The van der Waals surface area contributed by atoms with Crippen LogP contribution in [0.25, 0.3) is 0 Å². The van der Waals surface area contributed by atoms with Crippen LogP contribution in [0.4, 0.5) is 5.82 Å². The highest BCUT2D eigenvalue weighted by molar-refractivity contribution is 9.10. The van der Waals surface area contributed by atoms with Crippen LogP contribution in [0.5, 0.6) is 0 Å². The average molecular weight is 481 g/mol. The Labute approximate surface area is 190 Å². The summed E-state index contributed by atoms with van der Waals surface area (Å²) in [5.41, 5.74) is 1.37. The molecule has 1 saturated carbocycles. The summed E-state index contributed by atoms with van der Waals surface area (Å²) in [6.07, 6.45) is 4.56. The highest BCUT2D eigenvalue weighted by Crippen LogP contribution is 2.51. The van der Waals surface area contributed by atoms with Crippen molar-refractivity contribution in [1.29, 1.82) is 5.26 Å². The number of hydrogen-bond donors (Lipinski definition) is 0. The molecule has 3 unspecified atom stereocenters. The summed E-state index contributed by atoms with van der Waals surface area (Å²) >= 11 is 3.62. The van der Waals surface area contributed by atoms with Crippen LogP contribution < -0.4 is 4.90 Å². The van der Waals surface area contributed by atoms with Crippen molar-refractivity contribution in [1.82, 2.24) is 9.88 Å². The second-order valence-electron chi connectivity index (χ2n) is 8.92. The summed E-state index contributed by atoms with van der Waals surface area (Å²) in [4.78, 5) is 21.9. The Bertz CT molecular complexity index is 1030. The molecule has 0 spiro atoms. The standard InChI is InChI=1S/C24H25BrN4O2/c1-16-10-18-13-28(14-21(16)29(18)22-7-6-17(11-26)12-27-22)23(30)15-31-24(8-9-24)19-4-2-3-5-20(19)25/h2-7,12,16,18,21H,8-10,13-15H2,1H3. The van der Waals surface area contributed by atoms with Crippen molar-refractivity contribution < 1.29 is 9.53 Å². The van der Waals surface area contributed by atoms with Crippen molar-refractivity contribution in [3.05, 3.63) is 58.2 Å². The molecular formula is C24H25BrN4O2. The van der Waals surface area contributed by atoms with E-state index in [1.807, 2.05) is 35.2 Å². The Kier molecular flexibility index (Phi) is 5.23. The van der Waals surface area contributed by atoms with Crippen LogP contribution in [-0.4, -0.2) is 47.6 Å². The molecule has 5 rings (SSSR count). The van der Waals surface area contributed by atoms with E-state index < -0.39 is 0 Å². The maximum Gasteiger partial charge on any atom is 0.248 e. The van der Waals surface area contributed by atoms with E-state index in [1.165, 1.54) is 0 Å². The Morgan fingerprint density at radius 3 is 2.74 bits per heavy atom. The second kappa shape index (κ2) is 7.92. The predicted molar refractivity (Wildman–Crippen MR) is 120 cm³/mol. The fourth-order valence-electron chi connectivity index (χ4n) is 5.12. The maximum atomic E-state index is 13.1. The van der Waals surface area contributed by atoms with E-state index in [0.29, 0.717) is 24.6 Å². The first-order valence-electron chi connectivity index (χ1n) is 10.8. The van der Waals surface area contributed by atoms with E-state index in [2.05, 4.69) is 44.9 Å². The Balaban J connectivity index is 1.25. The smallest absolute Gasteiger partial charge is 0.248 e. The van der Waals surface area contributed by atoms with Gasteiger partial charge in [-0.3, -0.25) is 4.79 Å². The monoisotopic (exact) mass is 480 g/mol. The summed E-state index contributed by atoms with van der Waals surface area (Å²) < 4.78 is 7.24. The molecule has 2 aromatic rings. The highest BCUT2D eigenvalue weighted by Gasteiger charge is 2.49. The lowest BCUT2D eigenvalue weighted by Gasteiger charge is -2.42. The molecule has 160 valence electrons. The maximum absolute atomic E-state index is 13.1. The summed E-state index contributed by atoms with van der Waals surface area (Å²) in [6.45, 7) is 3.73. The van der Waals surface area contributed by atoms with Crippen LogP contribution >= 0.6 is 15.9 Å². The second-order valence-corrected chi connectivity index (χ2v) is 9.77. The molecule has 0 radical (unpaired) electrons. The zero-order valence-corrected chi connectivity index (χ0v) is 19.1. The van der Waals surface area contributed by atoms with Crippen LogP contribution in [0, 0.1) is 17.2 Å². The van der Waals surface area contributed by atoms with Crippen LogP contribution in [0.2, 0.25) is 0 Å². The molecule has 2 saturated heterocycles. The van der Waals surface area contributed by atoms with Gasteiger partial charge < -0.3 is 14.5 Å². The van der Waals surface area contributed by atoms with Gasteiger partial charge in [0.25, 0.3) is 0 Å². The molecule has 3 heterocycles. The minimum absolute atomic E-state index is 0.0647. The fraction of sp³-hybridized carbons (Fsp3) is 0.458. The highest BCUT2D eigenvalue weighted by atomic mass is 79.9. The third-order valence-electron chi connectivity index (χ3n) is 6.92. The first-order valence-corrected chi connectivity index (χ1v) is 11.6. The van der Waals surface area contributed by atoms with E-state index >= 15 is 0 Å². The predicted octanol–water partition coefficient (Wildman–Crippen LogP) is 3.85. The van der Waals surface area contributed by atoms with Crippen LogP contribution in [0.3, 0.4) is 0 Å². The lowest BCUT2D eigenvalue weighted by Crippen LogP contribution is -2.57. The number of ether oxygens (including phenoxy) is 1. The molecule has 7 heteroatoms. The van der Waals surface area contributed by atoms with Gasteiger partial charge in [0, 0.05) is 29.8 Å². The van der Waals surface area contributed by atoms with E-state index in [-0.39, 0.29) is 30.2 Å². The number of nitriles is 1. The van der Waals surface area contributed by atoms with Gasteiger partial charge in [-0.2, -0.15) is 5.26 Å². The SMILES string of the molecule is CC1CC2CN(C(=O)COC3(c4ccccc4Br)CC3)CC1N2c1ccc(C#N)cn1. The summed E-state index contributed by atoms with van der Waals surface area (Å²) in [6, 6.07) is 14.5. The van der Waals surface area contributed by atoms with E-state index in [9.17, 15) is 4.79 Å². The third kappa shape index (κ3) is 3.72. The number of benzene rings is 1. The molecular weight excluding hydrogens is 456 g/mol. The molecule has 1 aromatic carbocycles. The number of likely N-dealkylation sites (tertiary alicyclic amines) is 1. The molecule has 1 amide bonds. The van der Waals surface area contributed by atoms with E-state index in [1.54, 1.807) is 6.20 Å². The van der Waals surface area contributed by atoms with Gasteiger partial charge >= 0.3 is 0 Å². The van der Waals surface area contributed by atoms with Crippen LogP contribution in [-0.2, 0) is 15.1 Å². The quantitative estimate of drug-likeness (QED) is 0.649. The van der Waals surface area contributed by atoms with Crippen molar-refractivity contribution in [2.45, 2.75) is 43.9 Å². The van der Waals surface area contributed by atoms with Gasteiger partial charge in [0.05, 0.1) is 17.2 Å². The normalized spacial score (nSPS) is 25.9. The minimum Gasteiger partial charge on any atom is -0.360 e. The molecule has 0 N–H and O–H groups in total. The van der Waals surface area contributed by atoms with Crippen molar-refractivity contribution >= 4 is 27.7 Å². The summed E-state index contributed by atoms with van der Waals surface area (Å²) in [7, 11) is 0. The summed E-state index contributed by atoms with van der Waals surface area (Å²) in [5, 5.41) is 9.03. The molecule has 6 nitrogen and oxygen atoms in total. The third-order valence-corrected chi connectivity index (χ3v) is 7.62.